The summed E-state index contributed by atoms with van der Waals surface area (Å²) >= 11 is 0. The monoisotopic (exact) mass is 369 g/mol. The van der Waals surface area contributed by atoms with Gasteiger partial charge in [-0.25, -0.2) is 4.99 Å². The van der Waals surface area contributed by atoms with E-state index in [-0.39, 0.29) is 12.5 Å². The predicted molar refractivity (Wildman–Crippen MR) is 111 cm³/mol. The number of aryl methyl sites for hydroxylation is 1. The lowest BCUT2D eigenvalue weighted by Crippen LogP contribution is -2.43. The summed E-state index contributed by atoms with van der Waals surface area (Å²) in [6.45, 7) is 3.07. The Morgan fingerprint density at radius 3 is 2.81 bits per heavy atom. The number of carbonyl (C=O) groups excluding carboxylic acids is 1. The van der Waals surface area contributed by atoms with E-state index in [2.05, 4.69) is 51.9 Å². The fourth-order valence-electron chi connectivity index (χ4n) is 3.59. The van der Waals surface area contributed by atoms with Crippen LogP contribution in [0, 0.1) is 6.92 Å². The van der Waals surface area contributed by atoms with Crippen LogP contribution in [0.4, 0.5) is 0 Å². The number of aliphatic imine (C=N–C) groups is 1. The van der Waals surface area contributed by atoms with Gasteiger partial charge in [-0.05, 0) is 37.3 Å². The molecule has 0 atom stereocenters. The Kier molecular flexibility index (Phi) is 6.37. The average molecular weight is 370 g/mol. The largest absolute Gasteiger partial charge is 0.361 e. The summed E-state index contributed by atoms with van der Waals surface area (Å²) in [4.78, 5) is 21.3. The Hall–Kier alpha value is -2.50. The fraction of sp³-hybridized carbons (Fsp3) is 0.524. The lowest BCUT2D eigenvalue weighted by atomic mass is 10.1. The number of hydrogen-bond acceptors (Lipinski definition) is 2. The molecule has 0 saturated heterocycles. The van der Waals surface area contributed by atoms with Crippen molar-refractivity contribution >= 4 is 22.8 Å². The molecule has 1 aliphatic carbocycles. The summed E-state index contributed by atoms with van der Waals surface area (Å²) in [7, 11) is 3.52. The number of aromatic amines is 1. The van der Waals surface area contributed by atoms with Crippen LogP contribution in [0.3, 0.4) is 0 Å². The maximum atomic E-state index is 11.9. The van der Waals surface area contributed by atoms with E-state index in [9.17, 15) is 4.79 Å². The molecule has 1 aliphatic rings. The van der Waals surface area contributed by atoms with Crippen LogP contribution >= 0.6 is 0 Å². The first kappa shape index (κ1) is 19.3. The quantitative estimate of drug-likeness (QED) is 0.541. The van der Waals surface area contributed by atoms with Crippen LogP contribution in [0.2, 0.25) is 0 Å². The normalized spacial score (nSPS) is 15.3. The minimum absolute atomic E-state index is 0.00891. The zero-order valence-electron chi connectivity index (χ0n) is 16.6. The zero-order valence-corrected chi connectivity index (χ0v) is 16.6. The summed E-state index contributed by atoms with van der Waals surface area (Å²) in [6, 6.07) is 6.85. The van der Waals surface area contributed by atoms with Crippen molar-refractivity contribution in [3.8, 4) is 0 Å². The van der Waals surface area contributed by atoms with E-state index in [0.29, 0.717) is 6.04 Å². The molecule has 1 heterocycles. The van der Waals surface area contributed by atoms with Crippen molar-refractivity contribution in [1.29, 1.82) is 0 Å². The second-order valence-electron chi connectivity index (χ2n) is 7.57. The molecule has 2 aromatic rings. The third-order valence-electron chi connectivity index (χ3n) is 5.26. The number of H-pyrrole nitrogens is 1. The van der Waals surface area contributed by atoms with Crippen LogP contribution in [-0.4, -0.2) is 55.0 Å². The third kappa shape index (κ3) is 5.02. The molecule has 1 saturated carbocycles. The van der Waals surface area contributed by atoms with Crippen molar-refractivity contribution in [3.63, 3.8) is 0 Å². The fourth-order valence-corrected chi connectivity index (χ4v) is 3.59. The van der Waals surface area contributed by atoms with Gasteiger partial charge < -0.3 is 20.5 Å². The molecule has 0 aliphatic heterocycles. The van der Waals surface area contributed by atoms with Crippen molar-refractivity contribution in [3.05, 3.63) is 35.5 Å². The number of nitrogens with one attached hydrogen (secondary N) is 3. The molecule has 3 rings (SSSR count). The highest BCUT2D eigenvalue weighted by atomic mass is 16.2. The van der Waals surface area contributed by atoms with Crippen LogP contribution in [0.15, 0.2) is 29.4 Å². The second-order valence-corrected chi connectivity index (χ2v) is 7.57. The highest BCUT2D eigenvalue weighted by Gasteiger charge is 2.16. The summed E-state index contributed by atoms with van der Waals surface area (Å²) in [5, 5.41) is 8.19. The number of likely N-dealkylation sites (N-methyl/N-ethyl adjacent to an activating group) is 1. The van der Waals surface area contributed by atoms with Gasteiger partial charge in [-0.2, -0.15) is 0 Å². The topological polar surface area (TPSA) is 72.5 Å². The maximum Gasteiger partial charge on any atom is 0.243 e. The molecule has 0 unspecified atom stereocenters. The minimum Gasteiger partial charge on any atom is -0.361 e. The molecule has 0 bridgehead atoms. The number of guanidine groups is 1. The van der Waals surface area contributed by atoms with Crippen LogP contribution in [-0.2, 0) is 11.2 Å². The minimum atomic E-state index is 0.00891. The van der Waals surface area contributed by atoms with Gasteiger partial charge in [0, 0.05) is 43.8 Å². The van der Waals surface area contributed by atoms with Gasteiger partial charge in [0.25, 0.3) is 0 Å². The first-order valence-corrected chi connectivity index (χ1v) is 9.85. The van der Waals surface area contributed by atoms with Crippen molar-refractivity contribution in [2.45, 2.75) is 45.1 Å². The average Bonchev–Trinajstić information content (AvgIpc) is 3.30. The van der Waals surface area contributed by atoms with Crippen molar-refractivity contribution in [1.82, 2.24) is 20.5 Å². The SMILES string of the molecule is Cc1cccc2c(CCNC(=NCC(=O)N(C)C)NC3CCCC3)c[nH]c12. The molecule has 1 aromatic carbocycles. The summed E-state index contributed by atoms with van der Waals surface area (Å²) in [5.41, 5.74) is 3.77. The van der Waals surface area contributed by atoms with Gasteiger partial charge in [-0.1, -0.05) is 31.0 Å². The first-order valence-electron chi connectivity index (χ1n) is 9.85. The number of benzene rings is 1. The van der Waals surface area contributed by atoms with E-state index in [0.717, 1.165) is 18.9 Å². The molecule has 3 N–H and O–H groups in total. The second kappa shape index (κ2) is 8.93. The van der Waals surface area contributed by atoms with E-state index in [1.807, 2.05) is 0 Å². The van der Waals surface area contributed by atoms with Crippen LogP contribution in [0.5, 0.6) is 0 Å². The number of nitrogens with zero attached hydrogens (tertiary/aromatic N) is 2. The number of hydrogen-bond donors (Lipinski definition) is 3. The highest BCUT2D eigenvalue weighted by molar-refractivity contribution is 5.86. The number of carbonyl (C=O) groups is 1. The van der Waals surface area contributed by atoms with Gasteiger partial charge in [0.05, 0.1) is 0 Å². The summed E-state index contributed by atoms with van der Waals surface area (Å²) in [6.07, 6.45) is 7.85. The van der Waals surface area contributed by atoms with Crippen LogP contribution < -0.4 is 10.6 Å². The van der Waals surface area contributed by atoms with E-state index >= 15 is 0 Å². The van der Waals surface area contributed by atoms with Gasteiger partial charge in [0.1, 0.15) is 6.54 Å². The molecule has 6 heteroatoms. The molecule has 0 radical (unpaired) electrons. The summed E-state index contributed by atoms with van der Waals surface area (Å²) < 4.78 is 0. The Morgan fingerprint density at radius 1 is 1.30 bits per heavy atom. The van der Waals surface area contributed by atoms with E-state index in [1.165, 1.54) is 47.7 Å². The van der Waals surface area contributed by atoms with Gasteiger partial charge in [0.15, 0.2) is 5.96 Å². The standard InChI is InChI=1S/C21H31N5O/c1-15-7-6-10-18-16(13-23-20(15)18)11-12-22-21(24-14-19(27)26(2)3)25-17-8-4-5-9-17/h6-7,10,13,17,23H,4-5,8-9,11-12,14H2,1-3H3,(H2,22,24,25). The number of rotatable bonds is 6. The molecule has 1 fully saturated rings. The van der Waals surface area contributed by atoms with Crippen LogP contribution in [0.25, 0.3) is 10.9 Å². The number of amides is 1. The van der Waals surface area contributed by atoms with Gasteiger partial charge in [0.2, 0.25) is 5.91 Å². The molecule has 6 nitrogen and oxygen atoms in total. The van der Waals surface area contributed by atoms with Gasteiger partial charge in [-0.3, -0.25) is 4.79 Å². The number of aromatic nitrogens is 1. The molecule has 1 aromatic heterocycles. The van der Waals surface area contributed by atoms with Gasteiger partial charge in [-0.15, -0.1) is 0 Å². The van der Waals surface area contributed by atoms with Crippen molar-refractivity contribution in [2.75, 3.05) is 27.2 Å². The zero-order chi connectivity index (χ0) is 19.2. The highest BCUT2D eigenvalue weighted by Crippen LogP contribution is 2.21. The Morgan fingerprint density at radius 2 is 2.07 bits per heavy atom. The molecule has 1 amide bonds. The lowest BCUT2D eigenvalue weighted by molar-refractivity contribution is -0.127. The molecule has 0 spiro atoms. The first-order chi connectivity index (χ1) is 13.0. The Bertz CT molecular complexity index is 802. The lowest BCUT2D eigenvalue weighted by Gasteiger charge is -2.18. The molecular weight excluding hydrogens is 338 g/mol. The van der Waals surface area contributed by atoms with Crippen molar-refractivity contribution in [2.24, 2.45) is 4.99 Å². The van der Waals surface area contributed by atoms with Gasteiger partial charge >= 0.3 is 0 Å². The molecule has 146 valence electrons. The van der Waals surface area contributed by atoms with E-state index < -0.39 is 0 Å². The Balaban J connectivity index is 1.61. The third-order valence-corrected chi connectivity index (χ3v) is 5.26. The van der Waals surface area contributed by atoms with E-state index in [4.69, 9.17) is 0 Å². The van der Waals surface area contributed by atoms with Crippen LogP contribution in [0.1, 0.15) is 36.8 Å². The summed E-state index contributed by atoms with van der Waals surface area (Å²) in [5.74, 6) is 0.753. The number of fused-ring (bicyclic) bond motifs is 1. The smallest absolute Gasteiger partial charge is 0.243 e. The number of para-hydroxylation sites is 1. The van der Waals surface area contributed by atoms with E-state index in [1.54, 1.807) is 19.0 Å². The predicted octanol–water partition coefficient (Wildman–Crippen LogP) is 2.58. The maximum absolute atomic E-state index is 11.9. The van der Waals surface area contributed by atoms with Crippen molar-refractivity contribution < 1.29 is 4.79 Å². The Labute approximate surface area is 161 Å². The molecule has 27 heavy (non-hydrogen) atoms. The molecular formula is C21H31N5O.